The molecule has 1 aliphatic rings. The SMILES string of the molecule is O=C1OC(c2ccc(Oc3ccccc3)cc2)=N/C1=C\c1ccccc1OC(F)F. The summed E-state index contributed by atoms with van der Waals surface area (Å²) in [5.74, 6) is 0.693. The molecule has 1 aliphatic heterocycles. The van der Waals surface area contributed by atoms with Gasteiger partial charge in [0.15, 0.2) is 5.70 Å². The molecule has 0 amide bonds. The zero-order valence-corrected chi connectivity index (χ0v) is 15.5. The summed E-state index contributed by atoms with van der Waals surface area (Å²) in [6.45, 7) is -2.98. The van der Waals surface area contributed by atoms with Crippen molar-refractivity contribution in [1.82, 2.24) is 0 Å². The zero-order chi connectivity index (χ0) is 20.9. The average Bonchev–Trinajstić information content (AvgIpc) is 3.11. The van der Waals surface area contributed by atoms with E-state index in [0.717, 1.165) is 0 Å². The number of ether oxygens (including phenoxy) is 3. The summed E-state index contributed by atoms with van der Waals surface area (Å²) in [7, 11) is 0. The molecule has 0 atom stereocenters. The van der Waals surface area contributed by atoms with Gasteiger partial charge in [0.2, 0.25) is 5.90 Å². The Balaban J connectivity index is 1.55. The molecule has 1 heterocycles. The Labute approximate surface area is 170 Å². The van der Waals surface area contributed by atoms with Crippen molar-refractivity contribution in [3.8, 4) is 17.2 Å². The standard InChI is InChI=1S/C23H15F2NO4/c24-23(25)29-20-9-5-4-6-16(20)14-19-22(27)30-21(26-19)15-10-12-18(13-11-15)28-17-7-2-1-3-8-17/h1-14,23H/b19-14-. The van der Waals surface area contributed by atoms with Gasteiger partial charge >= 0.3 is 12.6 Å². The maximum atomic E-state index is 12.6. The van der Waals surface area contributed by atoms with Crippen molar-refractivity contribution < 1.29 is 27.8 Å². The molecule has 0 bridgehead atoms. The van der Waals surface area contributed by atoms with Crippen LogP contribution in [0.4, 0.5) is 8.78 Å². The molecule has 0 N–H and O–H groups in total. The van der Waals surface area contributed by atoms with Crippen molar-refractivity contribution in [2.45, 2.75) is 6.61 Å². The first-order valence-corrected chi connectivity index (χ1v) is 8.98. The number of alkyl halides is 2. The van der Waals surface area contributed by atoms with Gasteiger partial charge in [0.1, 0.15) is 17.2 Å². The van der Waals surface area contributed by atoms with Crippen molar-refractivity contribution in [3.05, 3.63) is 95.7 Å². The Hall–Kier alpha value is -4.00. The van der Waals surface area contributed by atoms with E-state index in [0.29, 0.717) is 22.6 Å². The number of halogens is 2. The summed E-state index contributed by atoms with van der Waals surface area (Å²) in [5.41, 5.74) is 0.852. The van der Waals surface area contributed by atoms with Crippen LogP contribution in [0.15, 0.2) is 89.6 Å². The number of esters is 1. The molecule has 150 valence electrons. The highest BCUT2D eigenvalue weighted by Gasteiger charge is 2.24. The number of carbonyl (C=O) groups excluding carboxylic acids is 1. The highest BCUT2D eigenvalue weighted by molar-refractivity contribution is 6.13. The maximum absolute atomic E-state index is 12.6. The number of nitrogens with zero attached hydrogens (tertiary/aromatic N) is 1. The fourth-order valence-electron chi connectivity index (χ4n) is 2.77. The molecule has 0 unspecified atom stereocenters. The molecule has 4 rings (SSSR count). The fourth-order valence-corrected chi connectivity index (χ4v) is 2.77. The quantitative estimate of drug-likeness (QED) is 0.404. The van der Waals surface area contributed by atoms with Crippen LogP contribution in [0.1, 0.15) is 11.1 Å². The van der Waals surface area contributed by atoms with E-state index in [-0.39, 0.29) is 17.3 Å². The van der Waals surface area contributed by atoms with Gasteiger partial charge in [-0.05, 0) is 48.5 Å². The van der Waals surface area contributed by atoms with Crippen LogP contribution in [0.2, 0.25) is 0 Å². The topological polar surface area (TPSA) is 57.1 Å². The lowest BCUT2D eigenvalue weighted by Gasteiger charge is -2.07. The Morgan fingerprint density at radius 1 is 0.867 bits per heavy atom. The van der Waals surface area contributed by atoms with E-state index < -0.39 is 12.6 Å². The molecule has 7 heteroatoms. The van der Waals surface area contributed by atoms with Gasteiger partial charge in [0.25, 0.3) is 0 Å². The van der Waals surface area contributed by atoms with E-state index in [2.05, 4.69) is 9.73 Å². The average molecular weight is 407 g/mol. The first-order chi connectivity index (χ1) is 14.6. The predicted molar refractivity (Wildman–Crippen MR) is 107 cm³/mol. The highest BCUT2D eigenvalue weighted by Crippen LogP contribution is 2.27. The molecule has 0 saturated heterocycles. The van der Waals surface area contributed by atoms with Crippen LogP contribution in [0.3, 0.4) is 0 Å². The van der Waals surface area contributed by atoms with E-state index in [9.17, 15) is 13.6 Å². The van der Waals surface area contributed by atoms with Crippen LogP contribution in [0, 0.1) is 0 Å². The number of benzene rings is 3. The molecule has 5 nitrogen and oxygen atoms in total. The van der Waals surface area contributed by atoms with Crippen molar-refractivity contribution in [2.24, 2.45) is 4.99 Å². The van der Waals surface area contributed by atoms with E-state index in [1.54, 1.807) is 42.5 Å². The van der Waals surface area contributed by atoms with Gasteiger partial charge in [-0.15, -0.1) is 0 Å². The number of cyclic esters (lactones) is 1. The van der Waals surface area contributed by atoms with Gasteiger partial charge in [-0.3, -0.25) is 0 Å². The summed E-state index contributed by atoms with van der Waals surface area (Å²) in [6, 6.07) is 22.3. The Morgan fingerprint density at radius 3 is 2.27 bits per heavy atom. The molecular formula is C23H15F2NO4. The molecule has 0 saturated carbocycles. The molecule has 0 radical (unpaired) electrons. The van der Waals surface area contributed by atoms with Crippen molar-refractivity contribution in [2.75, 3.05) is 0 Å². The van der Waals surface area contributed by atoms with E-state index in [1.165, 1.54) is 12.1 Å². The minimum absolute atomic E-state index is 0.0140. The van der Waals surface area contributed by atoms with Gasteiger partial charge in [-0.1, -0.05) is 36.4 Å². The summed E-state index contributed by atoms with van der Waals surface area (Å²) in [4.78, 5) is 16.4. The Bertz CT molecular complexity index is 1110. The number of rotatable bonds is 6. The Kier molecular flexibility index (Phi) is 5.52. The third kappa shape index (κ3) is 4.52. The van der Waals surface area contributed by atoms with E-state index >= 15 is 0 Å². The number of aliphatic imine (C=N–C) groups is 1. The van der Waals surface area contributed by atoms with Gasteiger partial charge in [0, 0.05) is 11.1 Å². The molecule has 0 aromatic heterocycles. The molecule has 0 spiro atoms. The van der Waals surface area contributed by atoms with Crippen LogP contribution in [0.5, 0.6) is 17.2 Å². The number of hydrogen-bond donors (Lipinski definition) is 0. The lowest BCUT2D eigenvalue weighted by Crippen LogP contribution is -2.05. The zero-order valence-electron chi connectivity index (χ0n) is 15.5. The van der Waals surface area contributed by atoms with Crippen molar-refractivity contribution in [1.29, 1.82) is 0 Å². The highest BCUT2D eigenvalue weighted by atomic mass is 19.3. The summed E-state index contributed by atoms with van der Waals surface area (Å²) in [6.07, 6.45) is 1.35. The van der Waals surface area contributed by atoms with Crippen LogP contribution in [-0.2, 0) is 9.53 Å². The van der Waals surface area contributed by atoms with Crippen LogP contribution in [0.25, 0.3) is 6.08 Å². The van der Waals surface area contributed by atoms with Crippen molar-refractivity contribution in [3.63, 3.8) is 0 Å². The second kappa shape index (κ2) is 8.57. The molecule has 0 fully saturated rings. The summed E-state index contributed by atoms with van der Waals surface area (Å²) in [5, 5.41) is 0. The minimum atomic E-state index is -2.98. The smallest absolute Gasteiger partial charge is 0.387 e. The van der Waals surface area contributed by atoms with Gasteiger partial charge in [-0.25, -0.2) is 9.79 Å². The van der Waals surface area contributed by atoms with Gasteiger partial charge < -0.3 is 14.2 Å². The first-order valence-electron chi connectivity index (χ1n) is 8.98. The second-order valence-electron chi connectivity index (χ2n) is 6.19. The third-order valence-corrected chi connectivity index (χ3v) is 4.13. The predicted octanol–water partition coefficient (Wildman–Crippen LogP) is 5.42. The van der Waals surface area contributed by atoms with Crippen LogP contribution < -0.4 is 9.47 Å². The van der Waals surface area contributed by atoms with E-state index in [4.69, 9.17) is 9.47 Å². The summed E-state index contributed by atoms with van der Waals surface area (Å²) >= 11 is 0. The number of carbonyl (C=O) groups is 1. The molecule has 30 heavy (non-hydrogen) atoms. The van der Waals surface area contributed by atoms with Crippen LogP contribution >= 0.6 is 0 Å². The van der Waals surface area contributed by atoms with Crippen molar-refractivity contribution >= 4 is 17.9 Å². The first kappa shape index (κ1) is 19.3. The largest absolute Gasteiger partial charge is 0.457 e. The summed E-state index contributed by atoms with van der Waals surface area (Å²) < 4.78 is 40.6. The number of hydrogen-bond acceptors (Lipinski definition) is 5. The lowest BCUT2D eigenvalue weighted by atomic mass is 10.1. The number of para-hydroxylation sites is 2. The normalized spacial score (nSPS) is 14.6. The van der Waals surface area contributed by atoms with Crippen LogP contribution in [-0.4, -0.2) is 18.5 Å². The molecule has 3 aromatic rings. The lowest BCUT2D eigenvalue weighted by molar-refractivity contribution is -0.129. The molecule has 3 aromatic carbocycles. The fraction of sp³-hybridized carbons (Fsp3) is 0.0435. The minimum Gasteiger partial charge on any atom is -0.457 e. The maximum Gasteiger partial charge on any atom is 0.387 e. The van der Waals surface area contributed by atoms with Gasteiger partial charge in [0.05, 0.1) is 0 Å². The molecular weight excluding hydrogens is 392 g/mol. The Morgan fingerprint density at radius 2 is 1.53 bits per heavy atom. The van der Waals surface area contributed by atoms with E-state index in [1.807, 2.05) is 30.3 Å². The monoisotopic (exact) mass is 407 g/mol. The third-order valence-electron chi connectivity index (χ3n) is 4.13. The van der Waals surface area contributed by atoms with Gasteiger partial charge in [-0.2, -0.15) is 8.78 Å². The molecule has 0 aliphatic carbocycles. The second-order valence-corrected chi connectivity index (χ2v) is 6.19.